The van der Waals surface area contributed by atoms with Crippen LogP contribution < -0.4 is 14.9 Å². The van der Waals surface area contributed by atoms with Gasteiger partial charge in [-0.3, -0.25) is 9.59 Å². The Kier molecular flexibility index (Phi) is 6.63. The molecule has 1 fully saturated rings. The molecule has 8 heteroatoms. The minimum Gasteiger partial charge on any atom is -0.353 e. The summed E-state index contributed by atoms with van der Waals surface area (Å²) in [5.74, 6) is 0.545. The Hall–Kier alpha value is -1.93. The summed E-state index contributed by atoms with van der Waals surface area (Å²) in [6.45, 7) is 5.74. The molecule has 0 saturated heterocycles. The van der Waals surface area contributed by atoms with Crippen LogP contribution in [0.25, 0.3) is 0 Å². The van der Waals surface area contributed by atoms with Gasteiger partial charge < -0.3 is 10.2 Å². The molecule has 160 valence electrons. The van der Waals surface area contributed by atoms with Crippen molar-refractivity contribution in [1.29, 1.82) is 0 Å². The first-order valence-electron chi connectivity index (χ1n) is 10.4. The molecule has 0 radical (unpaired) electrons. The van der Waals surface area contributed by atoms with E-state index < -0.39 is 10.0 Å². The second kappa shape index (κ2) is 8.83. The zero-order chi connectivity index (χ0) is 21.2. The molecule has 2 amide bonds. The van der Waals surface area contributed by atoms with Crippen LogP contribution in [0.15, 0.2) is 23.1 Å². The molecule has 0 bridgehead atoms. The van der Waals surface area contributed by atoms with E-state index >= 15 is 0 Å². The summed E-state index contributed by atoms with van der Waals surface area (Å²) in [7, 11) is -3.71. The van der Waals surface area contributed by atoms with E-state index in [1.165, 1.54) is 13.0 Å². The smallest absolute Gasteiger partial charge is 0.240 e. The van der Waals surface area contributed by atoms with Crippen LogP contribution >= 0.6 is 0 Å². The summed E-state index contributed by atoms with van der Waals surface area (Å²) in [5.41, 5.74) is 1.62. The number of amides is 2. The highest BCUT2D eigenvalue weighted by atomic mass is 32.2. The lowest BCUT2D eigenvalue weighted by molar-refractivity contribution is -0.122. The maximum Gasteiger partial charge on any atom is 0.240 e. The van der Waals surface area contributed by atoms with Gasteiger partial charge in [-0.15, -0.1) is 0 Å². The molecule has 1 aromatic carbocycles. The molecule has 2 N–H and O–H groups in total. The molecule has 2 aliphatic rings. The lowest BCUT2D eigenvalue weighted by Gasteiger charge is -2.26. The topological polar surface area (TPSA) is 95.6 Å². The van der Waals surface area contributed by atoms with Gasteiger partial charge in [0.05, 0.1) is 4.90 Å². The molecule has 1 aliphatic heterocycles. The normalized spacial score (nSPS) is 24.2. The monoisotopic (exact) mass is 421 g/mol. The van der Waals surface area contributed by atoms with Gasteiger partial charge in [0.25, 0.3) is 0 Å². The van der Waals surface area contributed by atoms with Crippen molar-refractivity contribution in [3.8, 4) is 0 Å². The number of carbonyl (C=O) groups is 2. The Morgan fingerprint density at radius 1 is 1.14 bits per heavy atom. The third-order valence-corrected chi connectivity index (χ3v) is 7.40. The van der Waals surface area contributed by atoms with E-state index in [2.05, 4.69) is 17.0 Å². The van der Waals surface area contributed by atoms with Crippen molar-refractivity contribution in [3.05, 3.63) is 23.8 Å². The van der Waals surface area contributed by atoms with E-state index in [1.54, 1.807) is 17.0 Å². The van der Waals surface area contributed by atoms with Crippen molar-refractivity contribution >= 4 is 27.5 Å². The summed E-state index contributed by atoms with van der Waals surface area (Å²) >= 11 is 0. The molecule has 0 aromatic heterocycles. The Morgan fingerprint density at radius 3 is 2.48 bits per heavy atom. The fourth-order valence-corrected chi connectivity index (χ4v) is 5.42. The summed E-state index contributed by atoms with van der Waals surface area (Å²) in [5, 5.41) is 3.01. The maximum atomic E-state index is 12.6. The number of fused-ring (bicyclic) bond motifs is 1. The van der Waals surface area contributed by atoms with Gasteiger partial charge in [-0.05, 0) is 68.7 Å². The van der Waals surface area contributed by atoms with Crippen molar-refractivity contribution in [2.24, 2.45) is 5.92 Å². The Morgan fingerprint density at radius 2 is 1.83 bits per heavy atom. The van der Waals surface area contributed by atoms with Crippen LogP contribution in [0.3, 0.4) is 0 Å². The molecule has 0 unspecified atom stereocenters. The number of hydrogen-bond donors (Lipinski definition) is 2. The zero-order valence-electron chi connectivity index (χ0n) is 17.4. The zero-order valence-corrected chi connectivity index (χ0v) is 18.2. The van der Waals surface area contributed by atoms with Gasteiger partial charge in [0.2, 0.25) is 21.8 Å². The van der Waals surface area contributed by atoms with Crippen LogP contribution in [0.1, 0.15) is 58.4 Å². The Balaban J connectivity index is 1.54. The van der Waals surface area contributed by atoms with E-state index in [1.807, 2.05) is 6.92 Å². The fraction of sp³-hybridized carbons (Fsp3) is 0.619. The standard InChI is InChI=1S/C21H31N3O4S/c1-14-4-6-18(7-5-14)23-21(26)10-11-22-29(27,28)19-8-9-20-17(13-19)12-15(2)24(20)16(3)25/h8-9,13-15,18,22H,4-7,10-12H2,1-3H3,(H,23,26)/t14?,15-,18?/m0/s1. The van der Waals surface area contributed by atoms with E-state index in [4.69, 9.17) is 0 Å². The molecule has 1 atom stereocenters. The van der Waals surface area contributed by atoms with Gasteiger partial charge in [-0.25, -0.2) is 13.1 Å². The van der Waals surface area contributed by atoms with Crippen molar-refractivity contribution < 1.29 is 18.0 Å². The molecule has 1 heterocycles. The SMILES string of the molecule is CC(=O)N1c2ccc(S(=O)(=O)NCCC(=O)NC3CCC(C)CC3)cc2C[C@@H]1C. The molecule has 0 spiro atoms. The highest BCUT2D eigenvalue weighted by molar-refractivity contribution is 7.89. The third-order valence-electron chi connectivity index (χ3n) is 5.94. The van der Waals surface area contributed by atoms with Gasteiger partial charge in [0, 0.05) is 37.7 Å². The summed E-state index contributed by atoms with van der Waals surface area (Å²) in [6, 6.07) is 5.04. The van der Waals surface area contributed by atoms with Crippen LogP contribution in [0.5, 0.6) is 0 Å². The Bertz CT molecular complexity index is 876. The number of sulfonamides is 1. The van der Waals surface area contributed by atoms with E-state index in [0.29, 0.717) is 12.3 Å². The summed E-state index contributed by atoms with van der Waals surface area (Å²) in [6.07, 6.45) is 4.96. The second-order valence-corrected chi connectivity index (χ2v) is 10.2. The average Bonchev–Trinajstić information content (AvgIpc) is 2.98. The van der Waals surface area contributed by atoms with Gasteiger partial charge in [-0.1, -0.05) is 6.92 Å². The fourth-order valence-electron chi connectivity index (χ4n) is 4.34. The number of benzene rings is 1. The number of nitrogens with zero attached hydrogens (tertiary/aromatic N) is 1. The first-order valence-corrected chi connectivity index (χ1v) is 11.9. The van der Waals surface area contributed by atoms with Crippen LogP contribution in [-0.2, 0) is 26.0 Å². The van der Waals surface area contributed by atoms with Crippen molar-refractivity contribution in [2.75, 3.05) is 11.4 Å². The Labute approximate surface area is 173 Å². The average molecular weight is 422 g/mol. The van der Waals surface area contributed by atoms with Crippen LogP contribution in [0.2, 0.25) is 0 Å². The highest BCUT2D eigenvalue weighted by Gasteiger charge is 2.30. The van der Waals surface area contributed by atoms with Crippen molar-refractivity contribution in [2.45, 2.75) is 76.3 Å². The summed E-state index contributed by atoms with van der Waals surface area (Å²) in [4.78, 5) is 25.8. The second-order valence-electron chi connectivity index (χ2n) is 8.40. The minimum absolute atomic E-state index is 0.0138. The predicted octanol–water partition coefficient (Wildman–Crippen LogP) is 2.35. The van der Waals surface area contributed by atoms with Crippen LogP contribution in [0.4, 0.5) is 5.69 Å². The van der Waals surface area contributed by atoms with Crippen molar-refractivity contribution in [1.82, 2.24) is 10.0 Å². The first kappa shape index (κ1) is 21.8. The molecule has 1 aromatic rings. The molecule has 29 heavy (non-hydrogen) atoms. The van der Waals surface area contributed by atoms with Gasteiger partial charge in [0.1, 0.15) is 0 Å². The molecule has 1 saturated carbocycles. The van der Waals surface area contributed by atoms with Gasteiger partial charge in [0.15, 0.2) is 0 Å². The molecular formula is C21H31N3O4S. The first-order chi connectivity index (χ1) is 13.7. The number of rotatable bonds is 6. The summed E-state index contributed by atoms with van der Waals surface area (Å²) < 4.78 is 27.7. The number of hydrogen-bond acceptors (Lipinski definition) is 4. The quantitative estimate of drug-likeness (QED) is 0.737. The number of anilines is 1. The van der Waals surface area contributed by atoms with Crippen LogP contribution in [0, 0.1) is 5.92 Å². The van der Waals surface area contributed by atoms with E-state index in [-0.39, 0.29) is 41.8 Å². The lowest BCUT2D eigenvalue weighted by atomic mass is 9.87. The largest absolute Gasteiger partial charge is 0.353 e. The minimum atomic E-state index is -3.71. The highest BCUT2D eigenvalue weighted by Crippen LogP contribution is 2.33. The van der Waals surface area contributed by atoms with E-state index in [9.17, 15) is 18.0 Å². The van der Waals surface area contributed by atoms with E-state index in [0.717, 1.165) is 36.9 Å². The number of nitrogens with one attached hydrogen (secondary N) is 2. The predicted molar refractivity (Wildman–Crippen MR) is 112 cm³/mol. The lowest BCUT2D eigenvalue weighted by Crippen LogP contribution is -2.39. The molecule has 3 rings (SSSR count). The van der Waals surface area contributed by atoms with Gasteiger partial charge >= 0.3 is 0 Å². The van der Waals surface area contributed by atoms with Gasteiger partial charge in [-0.2, -0.15) is 0 Å². The third kappa shape index (κ3) is 5.17. The van der Waals surface area contributed by atoms with Crippen LogP contribution in [-0.4, -0.2) is 38.9 Å². The molecule has 7 nitrogen and oxygen atoms in total. The molecular weight excluding hydrogens is 390 g/mol. The number of carbonyl (C=O) groups excluding carboxylic acids is 2. The van der Waals surface area contributed by atoms with Crippen molar-refractivity contribution in [3.63, 3.8) is 0 Å². The molecule has 1 aliphatic carbocycles. The maximum absolute atomic E-state index is 12.6.